The van der Waals surface area contributed by atoms with Crippen LogP contribution in [0.15, 0.2) is 0 Å². The Hall–Kier alpha value is 0.137. The fourth-order valence-corrected chi connectivity index (χ4v) is 5.38. The number of hydrogen-bond acceptors (Lipinski definition) is 2. The Morgan fingerprint density at radius 3 is 2.09 bits per heavy atom. The van der Waals surface area contributed by atoms with Gasteiger partial charge >= 0.3 is 0 Å². The second kappa shape index (κ2) is 5.60. The standard InChI is InChI=1S/C19H36O2Si/c1-17(2,3)22(4,5)20-15-16-19(21-16)13-11-18(12-14-19)9-7-6-8-10-18/h16H,6-15H2,1-5H3. The van der Waals surface area contributed by atoms with Crippen LogP contribution in [0.3, 0.4) is 0 Å². The molecule has 1 saturated heterocycles. The summed E-state index contributed by atoms with van der Waals surface area (Å²) in [6, 6.07) is 0. The molecule has 2 nitrogen and oxygen atoms in total. The smallest absolute Gasteiger partial charge is 0.192 e. The van der Waals surface area contributed by atoms with Crippen molar-refractivity contribution >= 4 is 8.32 Å². The largest absolute Gasteiger partial charge is 0.414 e. The van der Waals surface area contributed by atoms with E-state index in [9.17, 15) is 0 Å². The molecule has 22 heavy (non-hydrogen) atoms. The van der Waals surface area contributed by atoms with Crippen molar-refractivity contribution in [3.63, 3.8) is 0 Å². The molecule has 0 aromatic heterocycles. The molecule has 0 bridgehead atoms. The minimum absolute atomic E-state index is 0.213. The zero-order chi connectivity index (χ0) is 16.1. The third-order valence-corrected chi connectivity index (χ3v) is 11.9. The van der Waals surface area contributed by atoms with Crippen LogP contribution in [0.5, 0.6) is 0 Å². The van der Waals surface area contributed by atoms with E-state index in [0.717, 1.165) is 6.61 Å². The van der Waals surface area contributed by atoms with Crippen molar-refractivity contribution in [1.82, 2.24) is 0 Å². The Balaban J connectivity index is 1.48. The normalized spacial score (nSPS) is 30.7. The zero-order valence-corrected chi connectivity index (χ0v) is 16.5. The number of epoxide rings is 1. The highest BCUT2D eigenvalue weighted by Crippen LogP contribution is 2.57. The molecule has 1 heterocycles. The maximum absolute atomic E-state index is 6.40. The lowest BCUT2D eigenvalue weighted by molar-refractivity contribution is 0.0788. The molecule has 1 unspecified atom stereocenters. The van der Waals surface area contributed by atoms with E-state index in [0.29, 0.717) is 16.6 Å². The fourth-order valence-electron chi connectivity index (χ4n) is 4.38. The molecule has 128 valence electrons. The summed E-state index contributed by atoms with van der Waals surface area (Å²) in [5.41, 5.74) is 0.908. The van der Waals surface area contributed by atoms with Gasteiger partial charge in [0.1, 0.15) is 6.10 Å². The molecule has 2 saturated carbocycles. The summed E-state index contributed by atoms with van der Waals surface area (Å²) in [6.45, 7) is 12.5. The van der Waals surface area contributed by atoms with Crippen molar-refractivity contribution in [2.24, 2.45) is 5.41 Å². The summed E-state index contributed by atoms with van der Waals surface area (Å²) < 4.78 is 12.6. The predicted octanol–water partition coefficient (Wildman–Crippen LogP) is 5.67. The van der Waals surface area contributed by atoms with Crippen molar-refractivity contribution < 1.29 is 9.16 Å². The first-order chi connectivity index (χ1) is 10.2. The number of ether oxygens (including phenoxy) is 1. The third-order valence-electron chi connectivity index (χ3n) is 7.38. The Labute approximate surface area is 138 Å². The maximum Gasteiger partial charge on any atom is 0.192 e. The van der Waals surface area contributed by atoms with Crippen LogP contribution in [-0.2, 0) is 9.16 Å². The molecule has 1 aliphatic heterocycles. The van der Waals surface area contributed by atoms with Gasteiger partial charge in [-0.25, -0.2) is 0 Å². The second-order valence-electron chi connectivity index (χ2n) is 9.80. The lowest BCUT2D eigenvalue weighted by Gasteiger charge is -2.42. The highest BCUT2D eigenvalue weighted by Gasteiger charge is 2.59. The minimum Gasteiger partial charge on any atom is -0.414 e. The van der Waals surface area contributed by atoms with Gasteiger partial charge in [0, 0.05) is 0 Å². The van der Waals surface area contributed by atoms with E-state index in [1.807, 2.05) is 0 Å². The Morgan fingerprint density at radius 2 is 1.55 bits per heavy atom. The van der Waals surface area contributed by atoms with E-state index in [4.69, 9.17) is 9.16 Å². The van der Waals surface area contributed by atoms with E-state index >= 15 is 0 Å². The minimum atomic E-state index is -1.63. The molecule has 0 N–H and O–H groups in total. The molecule has 0 amide bonds. The summed E-state index contributed by atoms with van der Waals surface area (Å²) in [5.74, 6) is 0. The Bertz CT molecular complexity index is 394. The quantitative estimate of drug-likeness (QED) is 0.493. The summed E-state index contributed by atoms with van der Waals surface area (Å²) >= 11 is 0. The van der Waals surface area contributed by atoms with Gasteiger partial charge in [-0.2, -0.15) is 0 Å². The highest BCUT2D eigenvalue weighted by molar-refractivity contribution is 6.74. The van der Waals surface area contributed by atoms with Crippen LogP contribution in [0.4, 0.5) is 0 Å². The third kappa shape index (κ3) is 3.18. The number of rotatable bonds is 3. The molecule has 2 aliphatic carbocycles. The Morgan fingerprint density at radius 1 is 0.955 bits per heavy atom. The van der Waals surface area contributed by atoms with Crippen molar-refractivity contribution in [2.75, 3.05) is 6.61 Å². The molecule has 0 aromatic carbocycles. The molecule has 3 aliphatic rings. The van der Waals surface area contributed by atoms with Crippen LogP contribution in [0.1, 0.15) is 78.6 Å². The fraction of sp³-hybridized carbons (Fsp3) is 1.00. The first kappa shape index (κ1) is 17.0. The van der Waals surface area contributed by atoms with Gasteiger partial charge in [0.2, 0.25) is 0 Å². The van der Waals surface area contributed by atoms with Gasteiger partial charge in [-0.1, -0.05) is 40.0 Å². The second-order valence-corrected chi connectivity index (χ2v) is 14.6. The molecular formula is C19H36O2Si. The average molecular weight is 325 g/mol. The molecular weight excluding hydrogens is 288 g/mol. The van der Waals surface area contributed by atoms with E-state index in [2.05, 4.69) is 33.9 Å². The first-order valence-corrected chi connectivity index (χ1v) is 12.4. The highest BCUT2D eigenvalue weighted by atomic mass is 28.4. The van der Waals surface area contributed by atoms with Crippen molar-refractivity contribution in [2.45, 2.75) is 108 Å². The maximum atomic E-state index is 6.40. The summed E-state index contributed by atoms with van der Waals surface area (Å²) in [4.78, 5) is 0. The predicted molar refractivity (Wildman–Crippen MR) is 94.7 cm³/mol. The van der Waals surface area contributed by atoms with Crippen LogP contribution in [0.25, 0.3) is 0 Å². The topological polar surface area (TPSA) is 21.8 Å². The van der Waals surface area contributed by atoms with Crippen molar-refractivity contribution in [3.8, 4) is 0 Å². The van der Waals surface area contributed by atoms with E-state index < -0.39 is 8.32 Å². The van der Waals surface area contributed by atoms with Crippen LogP contribution >= 0.6 is 0 Å². The summed E-state index contributed by atoms with van der Waals surface area (Å²) in [7, 11) is -1.63. The van der Waals surface area contributed by atoms with Crippen LogP contribution in [0.2, 0.25) is 18.1 Å². The van der Waals surface area contributed by atoms with Gasteiger partial charge in [0.15, 0.2) is 8.32 Å². The average Bonchev–Trinajstić information content (AvgIpc) is 3.14. The van der Waals surface area contributed by atoms with Crippen LogP contribution in [0, 0.1) is 5.41 Å². The van der Waals surface area contributed by atoms with Crippen molar-refractivity contribution in [3.05, 3.63) is 0 Å². The molecule has 3 rings (SSSR count). The first-order valence-electron chi connectivity index (χ1n) is 9.50. The molecule has 0 radical (unpaired) electrons. The zero-order valence-electron chi connectivity index (χ0n) is 15.5. The summed E-state index contributed by atoms with van der Waals surface area (Å²) in [5, 5.41) is 0.299. The van der Waals surface area contributed by atoms with E-state index in [1.54, 1.807) is 0 Å². The molecule has 3 heteroatoms. The molecule has 1 atom stereocenters. The Kier molecular flexibility index (Phi) is 4.32. The van der Waals surface area contributed by atoms with Crippen molar-refractivity contribution in [1.29, 1.82) is 0 Å². The van der Waals surface area contributed by atoms with E-state index in [1.165, 1.54) is 57.8 Å². The van der Waals surface area contributed by atoms with Crippen LogP contribution in [-0.4, -0.2) is 26.6 Å². The van der Waals surface area contributed by atoms with Gasteiger partial charge in [0.05, 0.1) is 12.2 Å². The molecule has 2 spiro atoms. The number of hydrogen-bond donors (Lipinski definition) is 0. The van der Waals surface area contributed by atoms with Gasteiger partial charge in [-0.05, 0) is 62.1 Å². The van der Waals surface area contributed by atoms with E-state index in [-0.39, 0.29) is 5.60 Å². The van der Waals surface area contributed by atoms with Gasteiger partial charge < -0.3 is 9.16 Å². The van der Waals surface area contributed by atoms with Gasteiger partial charge in [0.25, 0.3) is 0 Å². The lowest BCUT2D eigenvalue weighted by atomic mass is 9.63. The van der Waals surface area contributed by atoms with Gasteiger partial charge in [-0.15, -0.1) is 0 Å². The van der Waals surface area contributed by atoms with Gasteiger partial charge in [-0.3, -0.25) is 0 Å². The van der Waals surface area contributed by atoms with Crippen LogP contribution < -0.4 is 0 Å². The monoisotopic (exact) mass is 324 g/mol. The molecule has 0 aromatic rings. The lowest BCUT2D eigenvalue weighted by Crippen LogP contribution is -2.42. The SMILES string of the molecule is CC(C)(C)[Si](C)(C)OCC1OC12CCC1(CCCCC1)CC2. The summed E-state index contributed by atoms with van der Waals surface area (Å²) in [6.07, 6.45) is 13.1. The molecule has 3 fully saturated rings.